The maximum absolute atomic E-state index is 11.6. The number of para-hydroxylation sites is 2. The van der Waals surface area contributed by atoms with E-state index in [1.165, 1.54) is 0 Å². The Morgan fingerprint density at radius 3 is 1.72 bits per heavy atom. The zero-order valence-corrected chi connectivity index (χ0v) is 26.5. The number of phenols is 2. The third kappa shape index (κ3) is 5.73. The molecule has 2 aliphatic heterocycles. The Bertz CT molecular complexity index is 2140. The molecule has 8 N–H and O–H groups in total. The van der Waals surface area contributed by atoms with E-state index in [0.717, 1.165) is 54.4 Å². The first-order valence-electron chi connectivity index (χ1n) is 15.1. The fourth-order valence-corrected chi connectivity index (χ4v) is 7.10. The number of hydrogen-bond donors (Lipinski definition) is 8. The van der Waals surface area contributed by atoms with Gasteiger partial charge in [0.25, 0.3) is 0 Å². The zero-order chi connectivity index (χ0) is 32.8. The molecule has 4 aromatic carbocycles. The summed E-state index contributed by atoms with van der Waals surface area (Å²) in [4.78, 5) is 30.0. The van der Waals surface area contributed by atoms with Crippen LogP contribution in [0.5, 0.6) is 11.5 Å². The molecule has 8 rings (SSSR count). The van der Waals surface area contributed by atoms with Crippen molar-refractivity contribution in [1.29, 1.82) is 0 Å². The van der Waals surface area contributed by atoms with Crippen LogP contribution in [0, 0.1) is 0 Å². The number of aliphatic carboxylic acids is 2. The van der Waals surface area contributed by atoms with E-state index in [1.807, 2.05) is 66.7 Å². The summed E-state index contributed by atoms with van der Waals surface area (Å²) in [6.45, 7) is 0. The number of fused-ring (bicyclic) bond motifs is 6. The number of carbonyl (C=O) groups is 2. The number of halogens is 1. The van der Waals surface area contributed by atoms with Crippen molar-refractivity contribution in [3.63, 3.8) is 0 Å². The maximum atomic E-state index is 11.6. The van der Waals surface area contributed by atoms with Crippen LogP contribution >= 0.6 is 15.9 Å². The maximum Gasteiger partial charge on any atom is 0.321 e. The van der Waals surface area contributed by atoms with Gasteiger partial charge in [-0.2, -0.15) is 0 Å². The summed E-state index contributed by atoms with van der Waals surface area (Å²) in [7, 11) is 0. The Balaban J connectivity index is 0.000000150. The fraction of sp³-hybridized carbons (Fsp3) is 0.167. The lowest BCUT2D eigenvalue weighted by atomic mass is 9.90. The third-order valence-corrected chi connectivity index (χ3v) is 9.44. The summed E-state index contributed by atoms with van der Waals surface area (Å²) >= 11 is 3.42. The van der Waals surface area contributed by atoms with Crippen molar-refractivity contribution >= 4 is 49.7 Å². The first-order chi connectivity index (χ1) is 22.7. The van der Waals surface area contributed by atoms with Gasteiger partial charge in [-0.05, 0) is 59.2 Å². The van der Waals surface area contributed by atoms with Crippen LogP contribution in [0.1, 0.15) is 45.7 Å². The number of hydrogen-bond acceptors (Lipinski definition) is 6. The Hall–Kier alpha value is -5.10. The number of rotatable bonds is 4. The molecule has 0 bridgehead atoms. The van der Waals surface area contributed by atoms with Crippen molar-refractivity contribution in [1.82, 2.24) is 20.6 Å². The van der Waals surface area contributed by atoms with Gasteiger partial charge in [0.05, 0.1) is 12.1 Å². The Morgan fingerprint density at radius 2 is 1.17 bits per heavy atom. The summed E-state index contributed by atoms with van der Waals surface area (Å²) in [6.07, 6.45) is 0.850. The molecule has 0 radical (unpaired) electrons. The van der Waals surface area contributed by atoms with Crippen molar-refractivity contribution in [2.75, 3.05) is 0 Å². The quantitative estimate of drug-likeness (QED) is 0.113. The van der Waals surface area contributed by atoms with E-state index in [2.05, 4.69) is 36.5 Å². The first-order valence-corrected chi connectivity index (χ1v) is 15.9. The van der Waals surface area contributed by atoms with Crippen LogP contribution in [-0.4, -0.2) is 54.4 Å². The van der Waals surface area contributed by atoms with Crippen molar-refractivity contribution in [2.45, 2.75) is 37.0 Å². The molecule has 0 saturated carbocycles. The molecule has 0 spiro atoms. The second-order valence-corrected chi connectivity index (χ2v) is 12.7. The van der Waals surface area contributed by atoms with Gasteiger partial charge in [0, 0.05) is 56.1 Å². The summed E-state index contributed by atoms with van der Waals surface area (Å²) in [5, 5.41) is 47.2. The highest BCUT2D eigenvalue weighted by atomic mass is 79.9. The molecule has 0 aliphatic carbocycles. The first kappa shape index (κ1) is 30.5. The van der Waals surface area contributed by atoms with Crippen LogP contribution in [0.2, 0.25) is 0 Å². The summed E-state index contributed by atoms with van der Waals surface area (Å²) in [5.74, 6) is -1.43. The van der Waals surface area contributed by atoms with E-state index in [4.69, 9.17) is 0 Å². The Labute approximate surface area is 277 Å². The average Bonchev–Trinajstić information content (AvgIpc) is 3.64. The minimum atomic E-state index is -0.898. The predicted molar refractivity (Wildman–Crippen MR) is 181 cm³/mol. The highest BCUT2D eigenvalue weighted by molar-refractivity contribution is 9.10. The van der Waals surface area contributed by atoms with Gasteiger partial charge in [0.2, 0.25) is 0 Å². The molecule has 6 aromatic rings. The zero-order valence-electron chi connectivity index (χ0n) is 24.9. The molecule has 4 heterocycles. The third-order valence-electron chi connectivity index (χ3n) is 8.95. The second kappa shape index (κ2) is 12.3. The monoisotopic (exact) mass is 694 g/mol. The predicted octanol–water partition coefficient (Wildman–Crippen LogP) is 5.89. The molecule has 4 atom stereocenters. The molecule has 4 unspecified atom stereocenters. The van der Waals surface area contributed by atoms with E-state index in [1.54, 1.807) is 24.3 Å². The van der Waals surface area contributed by atoms with Crippen molar-refractivity contribution in [3.8, 4) is 11.5 Å². The number of aromatic hydroxyl groups is 2. The molecular weight excluding hydrogens is 664 g/mol. The van der Waals surface area contributed by atoms with E-state index >= 15 is 0 Å². The largest absolute Gasteiger partial charge is 0.508 e. The minimum absolute atomic E-state index is 0.131. The van der Waals surface area contributed by atoms with E-state index < -0.39 is 30.1 Å². The number of aromatic amines is 2. The summed E-state index contributed by atoms with van der Waals surface area (Å²) in [6, 6.07) is 25.8. The number of H-pyrrole nitrogens is 2. The lowest BCUT2D eigenvalue weighted by molar-refractivity contribution is -0.140. The molecular formula is C36H31BrN4O6. The van der Waals surface area contributed by atoms with E-state index in [-0.39, 0.29) is 17.5 Å². The minimum Gasteiger partial charge on any atom is -0.508 e. The average molecular weight is 696 g/mol. The van der Waals surface area contributed by atoms with Gasteiger partial charge in [0.1, 0.15) is 23.6 Å². The fourth-order valence-electron chi connectivity index (χ4n) is 6.72. The number of benzene rings is 4. The normalized spacial score (nSPS) is 20.2. The molecule has 0 fully saturated rings. The number of aromatic nitrogens is 2. The number of carboxylic acids is 2. The molecule has 11 heteroatoms. The van der Waals surface area contributed by atoms with Crippen LogP contribution < -0.4 is 10.6 Å². The van der Waals surface area contributed by atoms with Crippen LogP contribution in [0.3, 0.4) is 0 Å². The van der Waals surface area contributed by atoms with Gasteiger partial charge in [-0.15, -0.1) is 0 Å². The molecule has 0 saturated heterocycles. The molecule has 0 amide bonds. The van der Waals surface area contributed by atoms with Crippen LogP contribution in [-0.2, 0) is 22.4 Å². The lowest BCUT2D eigenvalue weighted by Crippen LogP contribution is -2.45. The van der Waals surface area contributed by atoms with Gasteiger partial charge >= 0.3 is 11.9 Å². The molecule has 10 nitrogen and oxygen atoms in total. The van der Waals surface area contributed by atoms with Crippen LogP contribution in [0.15, 0.2) is 95.5 Å². The van der Waals surface area contributed by atoms with Gasteiger partial charge in [-0.1, -0.05) is 64.5 Å². The second-order valence-electron chi connectivity index (χ2n) is 11.8. The lowest BCUT2D eigenvalue weighted by Gasteiger charge is -2.30. The Morgan fingerprint density at radius 1 is 0.660 bits per heavy atom. The SMILES string of the molecule is O=C(O)C1Cc2c([nH]c3ccccc23)C(c2cc(Br)ccc2O)N1.O=C(O)C1Cc2c([nH]c3ccccc23)C(c2ccc(O)cc2)N1. The van der Waals surface area contributed by atoms with Gasteiger partial charge in [0.15, 0.2) is 0 Å². The number of nitrogens with one attached hydrogen (secondary N) is 4. The summed E-state index contributed by atoms with van der Waals surface area (Å²) in [5.41, 5.74) is 7.47. The van der Waals surface area contributed by atoms with Gasteiger partial charge in [-0.3, -0.25) is 20.2 Å². The molecule has 238 valence electrons. The standard InChI is InChI=1S/C18H15BrN2O3.C18H16N2O3/c19-9-5-6-15(22)12(7-9)17-16-11(8-14(21-17)18(23)24)10-3-1-2-4-13(10)20-16;21-11-7-5-10(6-8-11)16-17-13(9-15(20-16)18(22)23)12-3-1-2-4-14(12)19-17/h1-7,14,17,20-22H,8H2,(H,23,24);1-8,15-16,19-21H,9H2,(H,22,23). The molecule has 2 aromatic heterocycles. The number of carboxylic acid groups (broad SMARTS) is 2. The van der Waals surface area contributed by atoms with E-state index in [9.17, 15) is 30.0 Å². The molecule has 47 heavy (non-hydrogen) atoms. The van der Waals surface area contributed by atoms with Crippen LogP contribution in [0.4, 0.5) is 0 Å². The Kier molecular flexibility index (Phi) is 7.96. The number of phenolic OH excluding ortho intramolecular Hbond substituents is 2. The van der Waals surface area contributed by atoms with Gasteiger partial charge < -0.3 is 30.4 Å². The van der Waals surface area contributed by atoms with Crippen molar-refractivity contribution in [3.05, 3.63) is 129 Å². The van der Waals surface area contributed by atoms with E-state index in [0.29, 0.717) is 18.4 Å². The van der Waals surface area contributed by atoms with Crippen molar-refractivity contribution in [2.24, 2.45) is 0 Å². The highest BCUT2D eigenvalue weighted by Crippen LogP contribution is 2.39. The van der Waals surface area contributed by atoms with Crippen molar-refractivity contribution < 1.29 is 30.0 Å². The topological polar surface area (TPSA) is 171 Å². The smallest absolute Gasteiger partial charge is 0.321 e. The van der Waals surface area contributed by atoms with Gasteiger partial charge in [-0.25, -0.2) is 0 Å². The highest BCUT2D eigenvalue weighted by Gasteiger charge is 2.35. The van der Waals surface area contributed by atoms with Crippen LogP contribution in [0.25, 0.3) is 21.8 Å². The molecule has 2 aliphatic rings. The summed E-state index contributed by atoms with van der Waals surface area (Å²) < 4.78 is 0.826.